The fraction of sp³-hybridized carbons (Fsp3) is 0.846. The second kappa shape index (κ2) is 11.6. The third-order valence-electron chi connectivity index (χ3n) is 2.83. The highest BCUT2D eigenvalue weighted by Crippen LogP contribution is 2.21. The lowest BCUT2D eigenvalue weighted by Crippen LogP contribution is -2.01. The Morgan fingerprint density at radius 3 is 2.40 bits per heavy atom. The van der Waals surface area contributed by atoms with Gasteiger partial charge in [0.15, 0.2) is 0 Å². The molecule has 0 spiro atoms. The molecule has 1 unspecified atom stereocenters. The number of hydrogen-bond donors (Lipinski definition) is 2. The van der Waals surface area contributed by atoms with Gasteiger partial charge in [0.2, 0.25) is 0 Å². The SMILES string of the molecule is CCCCC(CCC=CO)CCCCO. The van der Waals surface area contributed by atoms with Gasteiger partial charge in [0.05, 0.1) is 6.26 Å². The van der Waals surface area contributed by atoms with E-state index < -0.39 is 0 Å². The normalized spacial score (nSPS) is 13.5. The highest BCUT2D eigenvalue weighted by atomic mass is 16.3. The monoisotopic (exact) mass is 214 g/mol. The van der Waals surface area contributed by atoms with Gasteiger partial charge in [-0.05, 0) is 25.2 Å². The van der Waals surface area contributed by atoms with Gasteiger partial charge in [-0.2, -0.15) is 0 Å². The summed E-state index contributed by atoms with van der Waals surface area (Å²) in [6, 6.07) is 0. The molecule has 0 radical (unpaired) electrons. The third kappa shape index (κ3) is 9.80. The molecule has 2 nitrogen and oxygen atoms in total. The second-order valence-corrected chi connectivity index (χ2v) is 4.19. The highest BCUT2D eigenvalue weighted by Gasteiger charge is 2.06. The van der Waals surface area contributed by atoms with Crippen LogP contribution in [-0.4, -0.2) is 16.8 Å². The van der Waals surface area contributed by atoms with E-state index in [1.807, 2.05) is 6.08 Å². The molecule has 0 saturated heterocycles. The van der Waals surface area contributed by atoms with Crippen LogP contribution in [0.15, 0.2) is 12.3 Å². The van der Waals surface area contributed by atoms with Gasteiger partial charge < -0.3 is 10.2 Å². The van der Waals surface area contributed by atoms with Crippen LogP contribution in [0.2, 0.25) is 0 Å². The van der Waals surface area contributed by atoms with Crippen molar-refractivity contribution in [3.8, 4) is 0 Å². The van der Waals surface area contributed by atoms with Crippen LogP contribution < -0.4 is 0 Å². The molecule has 0 bridgehead atoms. The van der Waals surface area contributed by atoms with E-state index in [2.05, 4.69) is 6.92 Å². The molecule has 2 heteroatoms. The minimum absolute atomic E-state index is 0.317. The minimum Gasteiger partial charge on any atom is -0.516 e. The fourth-order valence-corrected chi connectivity index (χ4v) is 1.88. The molecule has 0 aromatic carbocycles. The smallest absolute Gasteiger partial charge is 0.0751 e. The largest absolute Gasteiger partial charge is 0.516 e. The molecule has 2 N–H and O–H groups in total. The van der Waals surface area contributed by atoms with Crippen LogP contribution in [0.3, 0.4) is 0 Å². The molecule has 0 rings (SSSR count). The maximum absolute atomic E-state index is 8.73. The van der Waals surface area contributed by atoms with E-state index in [1.165, 1.54) is 32.1 Å². The number of hydrogen-bond acceptors (Lipinski definition) is 2. The average Bonchev–Trinajstić information content (AvgIpc) is 2.25. The molecule has 15 heavy (non-hydrogen) atoms. The van der Waals surface area contributed by atoms with Crippen LogP contribution in [0.5, 0.6) is 0 Å². The van der Waals surface area contributed by atoms with Crippen molar-refractivity contribution >= 4 is 0 Å². The van der Waals surface area contributed by atoms with Crippen molar-refractivity contribution < 1.29 is 10.2 Å². The van der Waals surface area contributed by atoms with Crippen molar-refractivity contribution in [3.63, 3.8) is 0 Å². The van der Waals surface area contributed by atoms with Crippen molar-refractivity contribution in [2.24, 2.45) is 5.92 Å². The van der Waals surface area contributed by atoms with Gasteiger partial charge >= 0.3 is 0 Å². The Morgan fingerprint density at radius 1 is 1.07 bits per heavy atom. The van der Waals surface area contributed by atoms with E-state index in [9.17, 15) is 0 Å². The molecule has 0 aromatic heterocycles. The summed E-state index contributed by atoms with van der Waals surface area (Å²) in [5.74, 6) is 0.771. The lowest BCUT2D eigenvalue weighted by molar-refractivity contribution is 0.274. The Bertz CT molecular complexity index is 143. The number of allylic oxidation sites excluding steroid dienone is 1. The predicted molar refractivity (Wildman–Crippen MR) is 65.0 cm³/mol. The summed E-state index contributed by atoms with van der Waals surface area (Å²) in [6.07, 6.45) is 12.2. The fourth-order valence-electron chi connectivity index (χ4n) is 1.88. The van der Waals surface area contributed by atoms with E-state index in [1.54, 1.807) is 0 Å². The molecular weight excluding hydrogens is 188 g/mol. The summed E-state index contributed by atoms with van der Waals surface area (Å²) in [5.41, 5.74) is 0. The van der Waals surface area contributed by atoms with Gasteiger partial charge in [0.1, 0.15) is 0 Å². The Hall–Kier alpha value is -0.500. The van der Waals surface area contributed by atoms with E-state index in [0.29, 0.717) is 6.61 Å². The number of aliphatic hydroxyl groups is 2. The first-order chi connectivity index (χ1) is 7.35. The molecule has 0 heterocycles. The van der Waals surface area contributed by atoms with E-state index in [-0.39, 0.29) is 0 Å². The Morgan fingerprint density at radius 2 is 1.80 bits per heavy atom. The summed E-state index contributed by atoms with van der Waals surface area (Å²) in [6.45, 7) is 2.54. The first-order valence-electron chi connectivity index (χ1n) is 6.25. The molecule has 0 saturated carbocycles. The molecule has 90 valence electrons. The quantitative estimate of drug-likeness (QED) is 0.429. The first-order valence-corrected chi connectivity index (χ1v) is 6.25. The van der Waals surface area contributed by atoms with Crippen molar-refractivity contribution in [1.29, 1.82) is 0 Å². The van der Waals surface area contributed by atoms with E-state index in [4.69, 9.17) is 10.2 Å². The highest BCUT2D eigenvalue weighted by molar-refractivity contribution is 4.73. The molecular formula is C13H26O2. The number of aliphatic hydroxyl groups excluding tert-OH is 2. The maximum Gasteiger partial charge on any atom is 0.0751 e. The molecule has 0 aliphatic heterocycles. The molecule has 0 fully saturated rings. The van der Waals surface area contributed by atoms with Gasteiger partial charge in [-0.25, -0.2) is 0 Å². The van der Waals surface area contributed by atoms with Crippen LogP contribution in [-0.2, 0) is 0 Å². The summed E-state index contributed by atoms with van der Waals surface area (Å²) < 4.78 is 0. The van der Waals surface area contributed by atoms with Gasteiger partial charge in [-0.15, -0.1) is 0 Å². The van der Waals surface area contributed by atoms with Crippen LogP contribution in [0.4, 0.5) is 0 Å². The zero-order chi connectivity index (χ0) is 11.4. The van der Waals surface area contributed by atoms with Crippen LogP contribution in [0.25, 0.3) is 0 Å². The summed E-state index contributed by atoms with van der Waals surface area (Å²) in [5, 5.41) is 17.3. The summed E-state index contributed by atoms with van der Waals surface area (Å²) in [4.78, 5) is 0. The average molecular weight is 214 g/mol. The maximum atomic E-state index is 8.73. The van der Waals surface area contributed by atoms with Crippen molar-refractivity contribution in [1.82, 2.24) is 0 Å². The Kier molecular flexibility index (Phi) is 11.2. The topological polar surface area (TPSA) is 40.5 Å². The van der Waals surface area contributed by atoms with Crippen LogP contribution in [0, 0.1) is 5.92 Å². The van der Waals surface area contributed by atoms with Gasteiger partial charge in [0, 0.05) is 6.61 Å². The lowest BCUT2D eigenvalue weighted by Gasteiger charge is -2.15. The van der Waals surface area contributed by atoms with Gasteiger partial charge in [0.25, 0.3) is 0 Å². The van der Waals surface area contributed by atoms with Crippen LogP contribution >= 0.6 is 0 Å². The molecule has 0 aliphatic carbocycles. The van der Waals surface area contributed by atoms with E-state index in [0.717, 1.165) is 31.4 Å². The number of unbranched alkanes of at least 4 members (excludes halogenated alkanes) is 2. The van der Waals surface area contributed by atoms with Crippen LogP contribution in [0.1, 0.15) is 58.3 Å². The Balaban J connectivity index is 3.62. The van der Waals surface area contributed by atoms with Crippen molar-refractivity contribution in [3.05, 3.63) is 12.3 Å². The minimum atomic E-state index is 0.317. The summed E-state index contributed by atoms with van der Waals surface area (Å²) in [7, 11) is 0. The second-order valence-electron chi connectivity index (χ2n) is 4.19. The molecule has 0 amide bonds. The van der Waals surface area contributed by atoms with Crippen molar-refractivity contribution in [2.75, 3.05) is 6.61 Å². The van der Waals surface area contributed by atoms with Gasteiger partial charge in [-0.1, -0.05) is 45.1 Å². The zero-order valence-electron chi connectivity index (χ0n) is 9.99. The molecule has 1 atom stereocenters. The molecule has 0 aromatic rings. The lowest BCUT2D eigenvalue weighted by atomic mass is 9.91. The first kappa shape index (κ1) is 14.5. The standard InChI is InChI=1S/C13H26O2/c1-2-3-8-13(9-4-6-11-14)10-5-7-12-15/h6,11,13-15H,2-5,7-10,12H2,1H3. The predicted octanol–water partition coefficient (Wildman–Crippen LogP) is 3.81. The molecule has 0 aliphatic rings. The Labute approximate surface area is 94.0 Å². The van der Waals surface area contributed by atoms with Gasteiger partial charge in [-0.3, -0.25) is 0 Å². The van der Waals surface area contributed by atoms with E-state index >= 15 is 0 Å². The third-order valence-corrected chi connectivity index (χ3v) is 2.83. The number of rotatable bonds is 10. The zero-order valence-corrected chi connectivity index (χ0v) is 9.99. The summed E-state index contributed by atoms with van der Waals surface area (Å²) >= 11 is 0. The van der Waals surface area contributed by atoms with Crippen molar-refractivity contribution in [2.45, 2.75) is 58.3 Å².